The van der Waals surface area contributed by atoms with Gasteiger partial charge in [0.2, 0.25) is 5.91 Å². The van der Waals surface area contributed by atoms with Crippen LogP contribution < -0.4 is 0 Å². The van der Waals surface area contributed by atoms with Crippen LogP contribution in [0.25, 0.3) is 0 Å². The van der Waals surface area contributed by atoms with Crippen molar-refractivity contribution in [1.29, 1.82) is 0 Å². The molecule has 2 heterocycles. The first kappa shape index (κ1) is 14.0. The number of nitrogens with zero attached hydrogens (tertiary/aromatic N) is 3. The Bertz CT molecular complexity index is 419. The van der Waals surface area contributed by atoms with Gasteiger partial charge >= 0.3 is 0 Å². The van der Waals surface area contributed by atoms with Gasteiger partial charge in [-0.1, -0.05) is 6.92 Å². The molecule has 1 aromatic rings. The molecule has 1 fully saturated rings. The average Bonchev–Trinajstić information content (AvgIpc) is 2.75. The van der Waals surface area contributed by atoms with E-state index in [2.05, 4.69) is 4.98 Å². The predicted octanol–water partition coefficient (Wildman–Crippen LogP) is 0.0553. The summed E-state index contributed by atoms with van der Waals surface area (Å²) in [5.74, 6) is 1.05. The predicted molar refractivity (Wildman–Crippen MR) is 69.6 cm³/mol. The van der Waals surface area contributed by atoms with E-state index in [9.17, 15) is 9.90 Å². The van der Waals surface area contributed by atoms with Gasteiger partial charge in [0.25, 0.3) is 0 Å². The van der Waals surface area contributed by atoms with Gasteiger partial charge in [0.05, 0.1) is 19.3 Å². The molecular formula is C13H21N3O3. The Morgan fingerprint density at radius 3 is 3.26 bits per heavy atom. The number of aromatic nitrogens is 2. The van der Waals surface area contributed by atoms with Crippen molar-refractivity contribution in [3.63, 3.8) is 0 Å². The van der Waals surface area contributed by atoms with Crippen LogP contribution in [0.4, 0.5) is 0 Å². The molecule has 1 aliphatic rings. The highest BCUT2D eigenvalue weighted by atomic mass is 16.5. The van der Waals surface area contributed by atoms with Crippen molar-refractivity contribution in [1.82, 2.24) is 14.5 Å². The lowest BCUT2D eigenvalue weighted by molar-refractivity contribution is -0.132. The largest absolute Gasteiger partial charge is 0.389 e. The molecule has 0 aliphatic carbocycles. The van der Waals surface area contributed by atoms with Gasteiger partial charge in [0, 0.05) is 44.9 Å². The van der Waals surface area contributed by atoms with Crippen LogP contribution in [0.15, 0.2) is 12.4 Å². The van der Waals surface area contributed by atoms with Crippen molar-refractivity contribution < 1.29 is 14.6 Å². The molecule has 106 valence electrons. The SMILES string of the molecule is CCc1nccn1CCC(=O)N1CCOCC(O)C1. The number of β-amino-alcohol motifs (C(OH)–C–C–N with tert-alkyl or cyclic N) is 1. The summed E-state index contributed by atoms with van der Waals surface area (Å²) in [6, 6.07) is 0. The van der Waals surface area contributed by atoms with Crippen molar-refractivity contribution in [2.24, 2.45) is 0 Å². The maximum atomic E-state index is 12.1. The van der Waals surface area contributed by atoms with Crippen LogP contribution in [-0.4, -0.2) is 57.9 Å². The first-order valence-corrected chi connectivity index (χ1v) is 6.74. The Kier molecular flexibility index (Phi) is 4.93. The van der Waals surface area contributed by atoms with E-state index in [1.807, 2.05) is 17.7 Å². The van der Waals surface area contributed by atoms with Crippen LogP contribution in [0.1, 0.15) is 19.2 Å². The van der Waals surface area contributed by atoms with Gasteiger partial charge in [-0.3, -0.25) is 4.79 Å². The molecular weight excluding hydrogens is 246 g/mol. The lowest BCUT2D eigenvalue weighted by atomic mass is 10.3. The first-order chi connectivity index (χ1) is 9.20. The number of aliphatic hydroxyl groups is 1. The molecule has 1 N–H and O–H groups in total. The van der Waals surface area contributed by atoms with Crippen LogP contribution in [-0.2, 0) is 22.5 Å². The zero-order valence-corrected chi connectivity index (χ0v) is 11.3. The zero-order chi connectivity index (χ0) is 13.7. The fraction of sp³-hybridized carbons (Fsp3) is 0.692. The highest BCUT2D eigenvalue weighted by Crippen LogP contribution is 2.05. The number of carbonyl (C=O) groups excluding carboxylic acids is 1. The maximum Gasteiger partial charge on any atom is 0.224 e. The van der Waals surface area contributed by atoms with Crippen molar-refractivity contribution >= 4 is 5.91 Å². The van der Waals surface area contributed by atoms with Crippen LogP contribution in [0, 0.1) is 0 Å². The third-order valence-corrected chi connectivity index (χ3v) is 3.28. The van der Waals surface area contributed by atoms with E-state index in [0.29, 0.717) is 39.3 Å². The van der Waals surface area contributed by atoms with Gasteiger partial charge in [-0.15, -0.1) is 0 Å². The van der Waals surface area contributed by atoms with Gasteiger partial charge in [-0.25, -0.2) is 4.98 Å². The molecule has 1 aromatic heterocycles. The molecule has 2 rings (SSSR count). The van der Waals surface area contributed by atoms with E-state index in [1.165, 1.54) is 0 Å². The second-order valence-corrected chi connectivity index (χ2v) is 4.71. The van der Waals surface area contributed by atoms with E-state index < -0.39 is 6.10 Å². The summed E-state index contributed by atoms with van der Waals surface area (Å²) < 4.78 is 7.22. The molecule has 0 aromatic carbocycles. The normalized spacial score (nSPS) is 20.3. The smallest absolute Gasteiger partial charge is 0.224 e. The average molecular weight is 267 g/mol. The lowest BCUT2D eigenvalue weighted by Crippen LogP contribution is -2.38. The molecule has 0 saturated carbocycles. The topological polar surface area (TPSA) is 67.6 Å². The van der Waals surface area contributed by atoms with Gasteiger partial charge < -0.3 is 19.3 Å². The Morgan fingerprint density at radius 1 is 1.63 bits per heavy atom. The van der Waals surface area contributed by atoms with Gasteiger partial charge in [-0.05, 0) is 0 Å². The van der Waals surface area contributed by atoms with Crippen LogP contribution >= 0.6 is 0 Å². The third-order valence-electron chi connectivity index (χ3n) is 3.28. The second kappa shape index (κ2) is 6.68. The Labute approximate surface area is 113 Å². The summed E-state index contributed by atoms with van der Waals surface area (Å²) in [6.45, 7) is 4.40. The van der Waals surface area contributed by atoms with Crippen molar-refractivity contribution in [2.75, 3.05) is 26.3 Å². The zero-order valence-electron chi connectivity index (χ0n) is 11.3. The highest BCUT2D eigenvalue weighted by molar-refractivity contribution is 5.76. The van der Waals surface area contributed by atoms with Crippen molar-refractivity contribution in [2.45, 2.75) is 32.4 Å². The highest BCUT2D eigenvalue weighted by Gasteiger charge is 2.20. The van der Waals surface area contributed by atoms with Crippen molar-refractivity contribution in [3.05, 3.63) is 18.2 Å². The van der Waals surface area contributed by atoms with Gasteiger partial charge in [0.1, 0.15) is 5.82 Å². The first-order valence-electron chi connectivity index (χ1n) is 6.74. The number of ether oxygens (including phenoxy) is 1. The van der Waals surface area contributed by atoms with E-state index in [4.69, 9.17) is 4.74 Å². The quantitative estimate of drug-likeness (QED) is 0.837. The molecule has 6 nitrogen and oxygen atoms in total. The molecule has 1 amide bonds. The van der Waals surface area contributed by atoms with Crippen molar-refractivity contribution in [3.8, 4) is 0 Å². The Morgan fingerprint density at radius 2 is 2.47 bits per heavy atom. The van der Waals surface area contributed by atoms with Crippen LogP contribution in [0.5, 0.6) is 0 Å². The minimum absolute atomic E-state index is 0.0558. The molecule has 1 aliphatic heterocycles. The summed E-state index contributed by atoms with van der Waals surface area (Å²) in [6.07, 6.45) is 4.36. The third kappa shape index (κ3) is 3.78. The van der Waals surface area contributed by atoms with Gasteiger partial charge in [-0.2, -0.15) is 0 Å². The molecule has 0 bridgehead atoms. The second-order valence-electron chi connectivity index (χ2n) is 4.71. The molecule has 0 spiro atoms. The Balaban J connectivity index is 1.86. The summed E-state index contributed by atoms with van der Waals surface area (Å²) in [5.41, 5.74) is 0. The Hall–Kier alpha value is -1.40. The summed E-state index contributed by atoms with van der Waals surface area (Å²) in [7, 11) is 0. The number of amides is 1. The number of aryl methyl sites for hydroxylation is 2. The monoisotopic (exact) mass is 267 g/mol. The maximum absolute atomic E-state index is 12.1. The summed E-state index contributed by atoms with van der Waals surface area (Å²) in [4.78, 5) is 18.0. The minimum atomic E-state index is -0.578. The van der Waals surface area contributed by atoms with E-state index in [-0.39, 0.29) is 5.91 Å². The summed E-state index contributed by atoms with van der Waals surface area (Å²) in [5, 5.41) is 9.61. The summed E-state index contributed by atoms with van der Waals surface area (Å²) >= 11 is 0. The number of hydrogen-bond acceptors (Lipinski definition) is 4. The van der Waals surface area contributed by atoms with Crippen LogP contribution in [0.3, 0.4) is 0 Å². The fourth-order valence-corrected chi connectivity index (χ4v) is 2.25. The molecule has 0 radical (unpaired) electrons. The number of carbonyl (C=O) groups is 1. The molecule has 1 saturated heterocycles. The van der Waals surface area contributed by atoms with E-state index >= 15 is 0 Å². The molecule has 1 atom stereocenters. The molecule has 19 heavy (non-hydrogen) atoms. The fourth-order valence-electron chi connectivity index (χ4n) is 2.25. The standard InChI is InChI=1S/C13H21N3O3/c1-2-12-14-4-6-15(12)5-3-13(18)16-7-8-19-10-11(17)9-16/h4,6,11,17H,2-3,5,7-10H2,1H3. The number of hydrogen-bond donors (Lipinski definition) is 1. The van der Waals surface area contributed by atoms with Crippen LogP contribution in [0.2, 0.25) is 0 Å². The lowest BCUT2D eigenvalue weighted by Gasteiger charge is -2.21. The number of imidazole rings is 1. The number of rotatable bonds is 4. The van der Waals surface area contributed by atoms with E-state index in [1.54, 1.807) is 11.1 Å². The van der Waals surface area contributed by atoms with E-state index in [0.717, 1.165) is 12.2 Å². The number of aliphatic hydroxyl groups excluding tert-OH is 1. The van der Waals surface area contributed by atoms with Gasteiger partial charge in [0.15, 0.2) is 0 Å². The molecule has 6 heteroatoms. The molecule has 1 unspecified atom stereocenters. The minimum Gasteiger partial charge on any atom is -0.389 e.